The maximum Gasteiger partial charge on any atom is 0.247 e. The average molecular weight is 419 g/mol. The van der Waals surface area contributed by atoms with Gasteiger partial charge in [0.15, 0.2) is 0 Å². The molecule has 0 aliphatic carbocycles. The number of aliphatic hydroxyl groups is 1. The maximum atomic E-state index is 13.3. The van der Waals surface area contributed by atoms with E-state index < -0.39 is 10.0 Å². The number of piperidine rings is 1. The fourth-order valence-corrected chi connectivity index (χ4v) is 6.65. The molecule has 2 aromatic rings. The van der Waals surface area contributed by atoms with Gasteiger partial charge in [-0.25, -0.2) is 18.4 Å². The Balaban J connectivity index is 1.46. The summed E-state index contributed by atoms with van der Waals surface area (Å²) in [6, 6.07) is -0.308. The number of fused-ring (bicyclic) bond motifs is 4. The van der Waals surface area contributed by atoms with Crippen molar-refractivity contribution in [3.63, 3.8) is 0 Å². The zero-order chi connectivity index (χ0) is 20.2. The molecule has 10 heteroatoms. The van der Waals surface area contributed by atoms with Crippen molar-refractivity contribution in [2.75, 3.05) is 18.0 Å². The van der Waals surface area contributed by atoms with Gasteiger partial charge in [-0.15, -0.1) is 0 Å². The summed E-state index contributed by atoms with van der Waals surface area (Å²) in [5.74, 6) is 0.641. The fourth-order valence-electron chi connectivity index (χ4n) is 4.85. The SMILES string of the molecule is CCn1cc(S(=O)(=O)N2[C@H]3CC[C@H]2c2cnc(N4CCC[C@@H](O)C4)nc2C3)cn1. The monoisotopic (exact) mass is 418 g/mol. The van der Waals surface area contributed by atoms with Crippen LogP contribution < -0.4 is 4.90 Å². The van der Waals surface area contributed by atoms with Gasteiger partial charge in [0.1, 0.15) is 4.90 Å². The summed E-state index contributed by atoms with van der Waals surface area (Å²) in [5, 5.41) is 14.1. The highest BCUT2D eigenvalue weighted by Crippen LogP contribution is 2.46. The third kappa shape index (κ3) is 3.13. The molecule has 9 nitrogen and oxygen atoms in total. The number of anilines is 1. The van der Waals surface area contributed by atoms with Crippen molar-refractivity contribution >= 4 is 16.0 Å². The molecule has 29 heavy (non-hydrogen) atoms. The molecule has 3 aliphatic heterocycles. The van der Waals surface area contributed by atoms with Crippen LogP contribution in [0.4, 0.5) is 5.95 Å². The molecule has 156 valence electrons. The van der Waals surface area contributed by atoms with Gasteiger partial charge in [0, 0.05) is 50.1 Å². The Labute approximate surface area is 170 Å². The Kier molecular flexibility index (Phi) is 4.60. The van der Waals surface area contributed by atoms with Crippen molar-refractivity contribution in [2.45, 2.75) is 68.7 Å². The number of β-amino-alcohol motifs (C(OH)–C–C–N with tert-alkyl or cyclic N) is 1. The molecule has 3 atom stereocenters. The second-order valence-corrected chi connectivity index (χ2v) is 9.98. The molecule has 2 saturated heterocycles. The van der Waals surface area contributed by atoms with E-state index in [0.29, 0.717) is 25.5 Å². The van der Waals surface area contributed by atoms with Gasteiger partial charge >= 0.3 is 0 Å². The van der Waals surface area contributed by atoms with E-state index in [1.54, 1.807) is 21.4 Å². The Morgan fingerprint density at radius 3 is 2.86 bits per heavy atom. The lowest BCUT2D eigenvalue weighted by atomic mass is 10.0. The third-order valence-electron chi connectivity index (χ3n) is 6.30. The van der Waals surface area contributed by atoms with Crippen LogP contribution in [-0.4, -0.2) is 62.8 Å². The number of nitrogens with zero attached hydrogens (tertiary/aromatic N) is 6. The Morgan fingerprint density at radius 2 is 2.10 bits per heavy atom. The summed E-state index contributed by atoms with van der Waals surface area (Å²) in [6.45, 7) is 3.95. The van der Waals surface area contributed by atoms with E-state index in [0.717, 1.165) is 43.5 Å². The smallest absolute Gasteiger partial charge is 0.247 e. The summed E-state index contributed by atoms with van der Waals surface area (Å²) < 4.78 is 30.0. The molecule has 1 N–H and O–H groups in total. The molecule has 3 aliphatic rings. The van der Waals surface area contributed by atoms with Crippen LogP contribution in [-0.2, 0) is 23.0 Å². The van der Waals surface area contributed by atoms with E-state index in [9.17, 15) is 13.5 Å². The summed E-state index contributed by atoms with van der Waals surface area (Å²) in [6.07, 6.45) is 8.42. The second kappa shape index (κ2) is 7.03. The number of hydrogen-bond donors (Lipinski definition) is 1. The normalized spacial score (nSPS) is 27.2. The van der Waals surface area contributed by atoms with Gasteiger partial charge in [-0.2, -0.15) is 9.40 Å². The van der Waals surface area contributed by atoms with E-state index in [1.165, 1.54) is 6.20 Å². The quantitative estimate of drug-likeness (QED) is 0.793. The molecule has 2 bridgehead atoms. The molecule has 5 rings (SSSR count). The van der Waals surface area contributed by atoms with Gasteiger partial charge in [-0.05, 0) is 32.6 Å². The molecule has 2 fully saturated rings. The molecular weight excluding hydrogens is 392 g/mol. The molecule has 0 radical (unpaired) electrons. The molecule has 0 spiro atoms. The lowest BCUT2D eigenvalue weighted by molar-refractivity contribution is 0.153. The summed E-state index contributed by atoms with van der Waals surface area (Å²) in [4.78, 5) is 11.6. The largest absolute Gasteiger partial charge is 0.391 e. The summed E-state index contributed by atoms with van der Waals surface area (Å²) >= 11 is 0. The van der Waals surface area contributed by atoms with E-state index in [1.807, 2.05) is 11.8 Å². The van der Waals surface area contributed by atoms with Crippen LogP contribution in [0.15, 0.2) is 23.5 Å². The predicted octanol–water partition coefficient (Wildman–Crippen LogP) is 1.10. The molecule has 0 unspecified atom stereocenters. The van der Waals surface area contributed by atoms with Gasteiger partial charge < -0.3 is 10.0 Å². The highest BCUT2D eigenvalue weighted by Gasteiger charge is 2.48. The summed E-state index contributed by atoms with van der Waals surface area (Å²) in [7, 11) is -3.62. The third-order valence-corrected chi connectivity index (χ3v) is 8.22. The van der Waals surface area contributed by atoms with E-state index in [4.69, 9.17) is 4.98 Å². The maximum absolute atomic E-state index is 13.3. The number of aryl methyl sites for hydroxylation is 1. The first-order valence-electron chi connectivity index (χ1n) is 10.3. The van der Waals surface area contributed by atoms with Crippen LogP contribution >= 0.6 is 0 Å². The minimum atomic E-state index is -3.62. The molecule has 0 aromatic carbocycles. The molecule has 2 aromatic heterocycles. The zero-order valence-corrected chi connectivity index (χ0v) is 17.3. The minimum absolute atomic E-state index is 0.0860. The number of sulfonamides is 1. The number of hydrogen-bond acceptors (Lipinski definition) is 7. The van der Waals surface area contributed by atoms with Gasteiger partial charge in [0.05, 0.1) is 24.0 Å². The van der Waals surface area contributed by atoms with Crippen molar-refractivity contribution in [1.29, 1.82) is 0 Å². The first kappa shape index (κ1) is 19.0. The number of rotatable bonds is 4. The lowest BCUT2D eigenvalue weighted by Gasteiger charge is -2.35. The minimum Gasteiger partial charge on any atom is -0.391 e. The van der Waals surface area contributed by atoms with E-state index in [2.05, 4.69) is 10.1 Å². The van der Waals surface area contributed by atoms with E-state index in [-0.39, 0.29) is 23.1 Å². The fraction of sp³-hybridized carbons (Fsp3) is 0.632. The first-order valence-corrected chi connectivity index (χ1v) is 11.8. The van der Waals surface area contributed by atoms with Crippen molar-refractivity contribution in [2.24, 2.45) is 0 Å². The van der Waals surface area contributed by atoms with Crippen LogP contribution in [0, 0.1) is 0 Å². The van der Waals surface area contributed by atoms with Crippen LogP contribution in [0.5, 0.6) is 0 Å². The summed E-state index contributed by atoms with van der Waals surface area (Å²) in [5.41, 5.74) is 1.85. The Bertz CT molecular complexity index is 1020. The molecule has 0 amide bonds. The van der Waals surface area contributed by atoms with Crippen LogP contribution in [0.1, 0.15) is 49.9 Å². The molecule has 0 saturated carbocycles. The van der Waals surface area contributed by atoms with Gasteiger partial charge in [-0.1, -0.05) is 0 Å². The van der Waals surface area contributed by atoms with Crippen molar-refractivity contribution < 1.29 is 13.5 Å². The van der Waals surface area contributed by atoms with Crippen LogP contribution in [0.3, 0.4) is 0 Å². The first-order chi connectivity index (χ1) is 14.0. The zero-order valence-electron chi connectivity index (χ0n) is 16.5. The topological polar surface area (TPSA) is 104 Å². The standard InChI is InChI=1S/C19H26N6O3S/c1-2-24-12-15(9-21-24)29(27,28)25-13-5-6-18(25)16-10-20-19(22-17(16)8-13)23-7-3-4-14(26)11-23/h9-10,12-14,18,26H,2-8,11H2,1H3/t13-,14+,18-/m0/s1. The van der Waals surface area contributed by atoms with E-state index >= 15 is 0 Å². The average Bonchev–Trinajstić information content (AvgIpc) is 3.33. The Morgan fingerprint density at radius 1 is 1.24 bits per heavy atom. The van der Waals surface area contributed by atoms with Gasteiger partial charge in [0.25, 0.3) is 0 Å². The second-order valence-electron chi connectivity index (χ2n) is 8.13. The van der Waals surface area contributed by atoms with Crippen molar-refractivity contribution in [1.82, 2.24) is 24.1 Å². The van der Waals surface area contributed by atoms with Gasteiger partial charge in [0.2, 0.25) is 16.0 Å². The molecule has 5 heterocycles. The van der Waals surface area contributed by atoms with Crippen molar-refractivity contribution in [3.8, 4) is 0 Å². The van der Waals surface area contributed by atoms with Crippen LogP contribution in [0.25, 0.3) is 0 Å². The van der Waals surface area contributed by atoms with Crippen molar-refractivity contribution in [3.05, 3.63) is 29.8 Å². The number of aromatic nitrogens is 4. The highest BCUT2D eigenvalue weighted by atomic mass is 32.2. The van der Waals surface area contributed by atoms with Crippen LogP contribution in [0.2, 0.25) is 0 Å². The predicted molar refractivity (Wildman–Crippen MR) is 106 cm³/mol. The van der Waals surface area contributed by atoms with Gasteiger partial charge in [-0.3, -0.25) is 4.68 Å². The molecular formula is C19H26N6O3S. The number of aliphatic hydroxyl groups excluding tert-OH is 1. The highest BCUT2D eigenvalue weighted by molar-refractivity contribution is 7.89. The Hall–Kier alpha value is -2.04. The lowest BCUT2D eigenvalue weighted by Crippen LogP contribution is -2.43.